The molecule has 1 heterocycles. The molecule has 2 N–H and O–H groups in total. The van der Waals surface area contributed by atoms with Crippen molar-refractivity contribution in [2.75, 3.05) is 11.9 Å². The van der Waals surface area contributed by atoms with Crippen LogP contribution in [0.4, 0.5) is 10.3 Å². The SMILES string of the molecule is CC(C)=CCNc1nc2ccc(F)cc2[nH]1. The van der Waals surface area contributed by atoms with Crippen molar-refractivity contribution in [2.24, 2.45) is 0 Å². The number of nitrogens with zero attached hydrogens (tertiary/aromatic N) is 1. The van der Waals surface area contributed by atoms with Crippen LogP contribution < -0.4 is 5.32 Å². The minimum atomic E-state index is -0.257. The summed E-state index contributed by atoms with van der Waals surface area (Å²) in [6, 6.07) is 4.50. The van der Waals surface area contributed by atoms with E-state index in [1.165, 1.54) is 17.7 Å². The van der Waals surface area contributed by atoms with E-state index in [1.54, 1.807) is 6.07 Å². The van der Waals surface area contributed by atoms with Gasteiger partial charge in [-0.2, -0.15) is 0 Å². The molecule has 0 spiro atoms. The molecule has 0 aliphatic carbocycles. The molecular formula is C12H14FN3. The van der Waals surface area contributed by atoms with Crippen molar-refractivity contribution in [1.29, 1.82) is 0 Å². The van der Waals surface area contributed by atoms with E-state index in [4.69, 9.17) is 0 Å². The molecule has 4 heteroatoms. The molecule has 0 saturated heterocycles. The number of hydrogen-bond acceptors (Lipinski definition) is 2. The number of benzene rings is 1. The Morgan fingerprint density at radius 1 is 1.50 bits per heavy atom. The van der Waals surface area contributed by atoms with E-state index < -0.39 is 0 Å². The fourth-order valence-corrected chi connectivity index (χ4v) is 1.42. The van der Waals surface area contributed by atoms with Gasteiger partial charge in [0.2, 0.25) is 5.95 Å². The van der Waals surface area contributed by atoms with E-state index in [0.29, 0.717) is 18.0 Å². The van der Waals surface area contributed by atoms with Crippen molar-refractivity contribution in [2.45, 2.75) is 13.8 Å². The lowest BCUT2D eigenvalue weighted by atomic mass is 10.3. The molecule has 0 aliphatic rings. The Morgan fingerprint density at radius 2 is 2.31 bits per heavy atom. The Balaban J connectivity index is 2.17. The molecular weight excluding hydrogens is 205 g/mol. The molecule has 2 rings (SSSR count). The Kier molecular flexibility index (Phi) is 2.90. The third-order valence-electron chi connectivity index (χ3n) is 2.22. The van der Waals surface area contributed by atoms with Gasteiger partial charge in [0.1, 0.15) is 5.82 Å². The van der Waals surface area contributed by atoms with Gasteiger partial charge in [-0.05, 0) is 32.0 Å². The number of nitrogens with one attached hydrogen (secondary N) is 2. The van der Waals surface area contributed by atoms with E-state index in [-0.39, 0.29) is 5.82 Å². The first-order chi connectivity index (χ1) is 7.65. The summed E-state index contributed by atoms with van der Waals surface area (Å²) in [7, 11) is 0. The van der Waals surface area contributed by atoms with Gasteiger partial charge < -0.3 is 10.3 Å². The zero-order chi connectivity index (χ0) is 11.5. The maximum atomic E-state index is 12.9. The van der Waals surface area contributed by atoms with Gasteiger partial charge >= 0.3 is 0 Å². The Bertz CT molecular complexity index is 524. The molecule has 0 radical (unpaired) electrons. The molecule has 0 aliphatic heterocycles. The maximum Gasteiger partial charge on any atom is 0.201 e. The molecule has 3 nitrogen and oxygen atoms in total. The molecule has 1 aromatic heterocycles. The lowest BCUT2D eigenvalue weighted by molar-refractivity contribution is 0.629. The van der Waals surface area contributed by atoms with E-state index in [2.05, 4.69) is 21.4 Å². The van der Waals surface area contributed by atoms with Crippen molar-refractivity contribution in [3.8, 4) is 0 Å². The Labute approximate surface area is 93.4 Å². The summed E-state index contributed by atoms with van der Waals surface area (Å²) in [5, 5.41) is 3.12. The van der Waals surface area contributed by atoms with Crippen LogP contribution in [0.3, 0.4) is 0 Å². The van der Waals surface area contributed by atoms with Gasteiger partial charge in [0.05, 0.1) is 11.0 Å². The summed E-state index contributed by atoms with van der Waals surface area (Å²) >= 11 is 0. The second-order valence-electron chi connectivity index (χ2n) is 3.91. The molecule has 84 valence electrons. The summed E-state index contributed by atoms with van der Waals surface area (Å²) in [5.41, 5.74) is 2.72. The second kappa shape index (κ2) is 4.35. The van der Waals surface area contributed by atoms with Crippen LogP contribution in [-0.2, 0) is 0 Å². The maximum absolute atomic E-state index is 12.9. The number of anilines is 1. The van der Waals surface area contributed by atoms with Crippen molar-refractivity contribution >= 4 is 17.0 Å². The number of imidazole rings is 1. The number of aromatic amines is 1. The van der Waals surface area contributed by atoms with Crippen LogP contribution in [0.2, 0.25) is 0 Å². The quantitative estimate of drug-likeness (QED) is 0.779. The van der Waals surface area contributed by atoms with Crippen molar-refractivity contribution in [3.05, 3.63) is 35.7 Å². The number of fused-ring (bicyclic) bond motifs is 1. The predicted octanol–water partition coefficient (Wildman–Crippen LogP) is 3.08. The van der Waals surface area contributed by atoms with E-state index in [0.717, 1.165) is 5.52 Å². The lowest BCUT2D eigenvalue weighted by Crippen LogP contribution is -1.99. The van der Waals surface area contributed by atoms with Gasteiger partial charge in [-0.15, -0.1) is 0 Å². The normalized spacial score (nSPS) is 10.4. The summed E-state index contributed by atoms with van der Waals surface area (Å²) in [5.74, 6) is 0.407. The number of H-pyrrole nitrogens is 1. The number of rotatable bonds is 3. The molecule has 16 heavy (non-hydrogen) atoms. The first kappa shape index (κ1) is 10.7. The largest absolute Gasteiger partial charge is 0.352 e. The summed E-state index contributed by atoms with van der Waals surface area (Å²) in [4.78, 5) is 7.31. The first-order valence-electron chi connectivity index (χ1n) is 5.17. The molecule has 2 aromatic rings. The van der Waals surface area contributed by atoms with Crippen molar-refractivity contribution < 1.29 is 4.39 Å². The highest BCUT2D eigenvalue weighted by Gasteiger charge is 2.02. The number of aromatic nitrogens is 2. The zero-order valence-electron chi connectivity index (χ0n) is 9.34. The first-order valence-corrected chi connectivity index (χ1v) is 5.17. The van der Waals surface area contributed by atoms with Crippen LogP contribution in [0.25, 0.3) is 11.0 Å². The smallest absolute Gasteiger partial charge is 0.201 e. The molecule has 0 unspecified atom stereocenters. The third kappa shape index (κ3) is 2.39. The van der Waals surface area contributed by atoms with Gasteiger partial charge in [0, 0.05) is 6.54 Å². The van der Waals surface area contributed by atoms with Crippen molar-refractivity contribution in [3.63, 3.8) is 0 Å². The third-order valence-corrected chi connectivity index (χ3v) is 2.22. The molecule has 0 saturated carbocycles. The highest BCUT2D eigenvalue weighted by molar-refractivity contribution is 5.77. The molecule has 0 atom stereocenters. The van der Waals surface area contributed by atoms with Crippen LogP contribution in [0.1, 0.15) is 13.8 Å². The number of allylic oxidation sites excluding steroid dienone is 1. The summed E-state index contributed by atoms with van der Waals surface area (Å²) in [6.45, 7) is 4.79. The average molecular weight is 219 g/mol. The molecule has 0 bridgehead atoms. The molecule has 0 amide bonds. The van der Waals surface area contributed by atoms with Gasteiger partial charge in [0.25, 0.3) is 0 Å². The van der Waals surface area contributed by atoms with Gasteiger partial charge in [0.15, 0.2) is 0 Å². The average Bonchev–Trinajstić information content (AvgIpc) is 2.58. The highest BCUT2D eigenvalue weighted by atomic mass is 19.1. The highest BCUT2D eigenvalue weighted by Crippen LogP contribution is 2.15. The second-order valence-corrected chi connectivity index (χ2v) is 3.91. The van der Waals surface area contributed by atoms with Gasteiger partial charge in [-0.3, -0.25) is 0 Å². The van der Waals surface area contributed by atoms with E-state index >= 15 is 0 Å². The fraction of sp³-hybridized carbons (Fsp3) is 0.250. The Hall–Kier alpha value is -1.84. The van der Waals surface area contributed by atoms with Crippen molar-refractivity contribution in [1.82, 2.24) is 9.97 Å². The van der Waals surface area contributed by atoms with Crippen LogP contribution >= 0.6 is 0 Å². The minimum absolute atomic E-state index is 0.257. The van der Waals surface area contributed by atoms with Gasteiger partial charge in [-0.25, -0.2) is 9.37 Å². The standard InChI is InChI=1S/C12H14FN3/c1-8(2)5-6-14-12-15-10-4-3-9(13)7-11(10)16-12/h3-5,7H,6H2,1-2H3,(H2,14,15,16). The monoisotopic (exact) mass is 219 g/mol. The fourth-order valence-electron chi connectivity index (χ4n) is 1.42. The van der Waals surface area contributed by atoms with E-state index in [1.807, 2.05) is 13.8 Å². The predicted molar refractivity (Wildman–Crippen MR) is 64.0 cm³/mol. The molecule has 1 aromatic carbocycles. The Morgan fingerprint density at radius 3 is 3.06 bits per heavy atom. The van der Waals surface area contributed by atoms with Crippen LogP contribution in [0.5, 0.6) is 0 Å². The number of halogens is 1. The van der Waals surface area contributed by atoms with Crippen LogP contribution in [0.15, 0.2) is 29.8 Å². The number of hydrogen-bond donors (Lipinski definition) is 2. The summed E-state index contributed by atoms with van der Waals surface area (Å²) in [6.07, 6.45) is 2.06. The summed E-state index contributed by atoms with van der Waals surface area (Å²) < 4.78 is 12.9. The zero-order valence-corrected chi connectivity index (χ0v) is 9.34. The lowest BCUT2D eigenvalue weighted by Gasteiger charge is -1.97. The van der Waals surface area contributed by atoms with Gasteiger partial charge in [-0.1, -0.05) is 11.6 Å². The topological polar surface area (TPSA) is 40.7 Å². The van der Waals surface area contributed by atoms with Crippen LogP contribution in [0, 0.1) is 5.82 Å². The molecule has 0 fully saturated rings. The van der Waals surface area contributed by atoms with E-state index in [9.17, 15) is 4.39 Å². The minimum Gasteiger partial charge on any atom is -0.352 e. The van der Waals surface area contributed by atoms with Crippen LogP contribution in [-0.4, -0.2) is 16.5 Å².